The van der Waals surface area contributed by atoms with Crippen molar-refractivity contribution in [3.63, 3.8) is 0 Å². The smallest absolute Gasteiger partial charge is 0.174 e. The van der Waals surface area contributed by atoms with E-state index in [1.165, 1.54) is 32.1 Å². The zero-order valence-electron chi connectivity index (χ0n) is 15.5. The fourth-order valence-corrected chi connectivity index (χ4v) is 7.30. The Labute approximate surface area is 146 Å². The summed E-state index contributed by atoms with van der Waals surface area (Å²) in [6.45, 7) is 8.94. The monoisotopic (exact) mass is 328 g/mol. The molecule has 0 N–H and O–H groups in total. The Morgan fingerprint density at radius 2 is 1.79 bits per heavy atom. The lowest BCUT2D eigenvalue weighted by molar-refractivity contribution is -0.241. The fraction of sp³-hybridized carbons (Fsp3) is 0.818. The molecule has 6 atom stereocenters. The molecule has 3 unspecified atom stereocenters. The third kappa shape index (κ3) is 1.80. The van der Waals surface area contributed by atoms with Gasteiger partial charge in [-0.3, -0.25) is 0 Å². The summed E-state index contributed by atoms with van der Waals surface area (Å²) >= 11 is 0. The summed E-state index contributed by atoms with van der Waals surface area (Å²) in [7, 11) is 0. The van der Waals surface area contributed by atoms with Crippen LogP contribution in [0.3, 0.4) is 0 Å². The van der Waals surface area contributed by atoms with E-state index in [0.717, 1.165) is 37.4 Å². The molecule has 0 amide bonds. The first kappa shape index (κ1) is 15.6. The molecular formula is C22H32O2. The molecule has 4 aliphatic carbocycles. The van der Waals surface area contributed by atoms with Gasteiger partial charge in [-0.05, 0) is 55.8 Å². The van der Waals surface area contributed by atoms with Crippen molar-refractivity contribution < 1.29 is 9.47 Å². The van der Waals surface area contributed by atoms with Crippen LogP contribution in [0.1, 0.15) is 59.3 Å². The number of ether oxygens (including phenoxy) is 2. The zero-order chi connectivity index (χ0) is 16.6. The molecule has 0 aromatic rings. The number of allylic oxidation sites excluding steroid dienone is 4. The fourth-order valence-electron chi connectivity index (χ4n) is 7.30. The number of hydrogen-bond acceptors (Lipinski definition) is 2. The van der Waals surface area contributed by atoms with Gasteiger partial charge >= 0.3 is 0 Å². The molecule has 1 spiro atoms. The maximum atomic E-state index is 6.25. The van der Waals surface area contributed by atoms with Crippen molar-refractivity contribution in [3.05, 3.63) is 23.8 Å². The molecule has 1 heterocycles. The summed E-state index contributed by atoms with van der Waals surface area (Å²) in [5, 5.41) is 0. The maximum Gasteiger partial charge on any atom is 0.174 e. The predicted octanol–water partition coefficient (Wildman–Crippen LogP) is 5.10. The van der Waals surface area contributed by atoms with Crippen molar-refractivity contribution in [2.45, 2.75) is 65.1 Å². The van der Waals surface area contributed by atoms with Crippen molar-refractivity contribution in [2.75, 3.05) is 13.2 Å². The van der Waals surface area contributed by atoms with Crippen LogP contribution in [-0.4, -0.2) is 19.0 Å². The minimum Gasteiger partial charge on any atom is -0.347 e. The van der Waals surface area contributed by atoms with E-state index in [4.69, 9.17) is 9.47 Å². The predicted molar refractivity (Wildman–Crippen MR) is 95.4 cm³/mol. The molecule has 5 aliphatic rings. The molecule has 3 fully saturated rings. The molecule has 132 valence electrons. The zero-order valence-corrected chi connectivity index (χ0v) is 15.5. The van der Waals surface area contributed by atoms with Gasteiger partial charge in [0.1, 0.15) is 0 Å². The van der Waals surface area contributed by atoms with Crippen LogP contribution < -0.4 is 0 Å². The summed E-state index contributed by atoms with van der Waals surface area (Å²) in [5.74, 6) is 2.84. The second-order valence-electron chi connectivity index (χ2n) is 9.61. The first-order valence-electron chi connectivity index (χ1n) is 10.2. The van der Waals surface area contributed by atoms with Gasteiger partial charge in [0, 0.05) is 17.3 Å². The normalized spacial score (nSPS) is 51.9. The second kappa shape index (κ2) is 4.98. The summed E-state index contributed by atoms with van der Waals surface area (Å²) < 4.78 is 12.5. The van der Waals surface area contributed by atoms with Crippen LogP contribution in [-0.2, 0) is 9.47 Å². The Bertz CT molecular complexity index is 599. The van der Waals surface area contributed by atoms with Crippen LogP contribution in [0.15, 0.2) is 23.8 Å². The van der Waals surface area contributed by atoms with Gasteiger partial charge in [0.05, 0.1) is 13.2 Å². The Balaban J connectivity index is 1.51. The highest BCUT2D eigenvalue weighted by molar-refractivity contribution is 5.32. The van der Waals surface area contributed by atoms with Crippen molar-refractivity contribution in [1.29, 1.82) is 0 Å². The highest BCUT2D eigenvalue weighted by Crippen LogP contribution is 2.68. The van der Waals surface area contributed by atoms with Crippen molar-refractivity contribution in [1.82, 2.24) is 0 Å². The maximum absolute atomic E-state index is 6.25. The van der Waals surface area contributed by atoms with E-state index < -0.39 is 0 Å². The van der Waals surface area contributed by atoms with E-state index in [0.29, 0.717) is 11.3 Å². The van der Waals surface area contributed by atoms with E-state index in [-0.39, 0.29) is 11.2 Å². The van der Waals surface area contributed by atoms with Gasteiger partial charge in [-0.15, -0.1) is 0 Å². The molecule has 24 heavy (non-hydrogen) atoms. The van der Waals surface area contributed by atoms with Gasteiger partial charge < -0.3 is 9.47 Å². The Morgan fingerprint density at radius 1 is 1.04 bits per heavy atom. The SMILES string of the molecule is C[C@H]1C=C[C@@]2(C)C(=CCC3C2CC[C@@]2(C)C3CCC23OCCO3)C1. The first-order chi connectivity index (χ1) is 11.5. The van der Waals surface area contributed by atoms with Crippen molar-refractivity contribution in [2.24, 2.45) is 34.5 Å². The van der Waals surface area contributed by atoms with Crippen molar-refractivity contribution in [3.8, 4) is 0 Å². The standard InChI is InChI=1S/C22H32O2/c1-15-6-9-20(2)16(14-15)4-5-17-18(20)7-10-21(3)19(17)8-11-22(21)23-12-13-24-22/h4,6,9,15,17-19H,5,7-8,10-14H2,1-3H3/t15-,17?,18?,19?,20-,21-/m0/s1. The molecule has 1 saturated heterocycles. The average Bonchev–Trinajstić information content (AvgIpc) is 3.15. The van der Waals surface area contributed by atoms with Gasteiger partial charge in [-0.25, -0.2) is 0 Å². The third-order valence-electron chi connectivity index (χ3n) is 8.65. The van der Waals surface area contributed by atoms with Crippen LogP contribution in [0.2, 0.25) is 0 Å². The number of rotatable bonds is 0. The highest BCUT2D eigenvalue weighted by atomic mass is 16.7. The topological polar surface area (TPSA) is 18.5 Å². The van der Waals surface area contributed by atoms with Crippen LogP contribution in [0.25, 0.3) is 0 Å². The van der Waals surface area contributed by atoms with Crippen LogP contribution in [0.4, 0.5) is 0 Å². The lowest BCUT2D eigenvalue weighted by atomic mass is 9.48. The molecule has 0 bridgehead atoms. The van der Waals surface area contributed by atoms with E-state index in [2.05, 4.69) is 39.0 Å². The second-order valence-corrected chi connectivity index (χ2v) is 9.61. The molecule has 2 nitrogen and oxygen atoms in total. The Kier molecular flexibility index (Phi) is 3.24. The van der Waals surface area contributed by atoms with Crippen molar-refractivity contribution >= 4 is 0 Å². The van der Waals surface area contributed by atoms with Crippen LogP contribution in [0, 0.1) is 34.5 Å². The minimum atomic E-state index is -0.259. The molecule has 0 aromatic carbocycles. The average molecular weight is 328 g/mol. The molecule has 2 saturated carbocycles. The summed E-state index contributed by atoms with van der Waals surface area (Å²) in [5.41, 5.74) is 2.26. The van der Waals surface area contributed by atoms with Gasteiger partial charge in [0.25, 0.3) is 0 Å². The number of fused-ring (bicyclic) bond motifs is 6. The molecular weight excluding hydrogens is 296 g/mol. The molecule has 2 heteroatoms. The van der Waals surface area contributed by atoms with E-state index >= 15 is 0 Å². The van der Waals surface area contributed by atoms with Crippen LogP contribution >= 0.6 is 0 Å². The van der Waals surface area contributed by atoms with Gasteiger partial charge in [0.2, 0.25) is 0 Å². The lowest BCUT2D eigenvalue weighted by Gasteiger charge is -2.57. The molecule has 1 aliphatic heterocycles. The summed E-state index contributed by atoms with van der Waals surface area (Å²) in [6.07, 6.45) is 15.2. The van der Waals surface area contributed by atoms with E-state index in [1.807, 2.05) is 0 Å². The lowest BCUT2D eigenvalue weighted by Crippen LogP contribution is -2.54. The quantitative estimate of drug-likeness (QED) is 0.576. The Hall–Kier alpha value is -0.600. The third-order valence-corrected chi connectivity index (χ3v) is 8.65. The van der Waals surface area contributed by atoms with E-state index in [1.54, 1.807) is 5.57 Å². The largest absolute Gasteiger partial charge is 0.347 e. The summed E-state index contributed by atoms with van der Waals surface area (Å²) in [4.78, 5) is 0. The Morgan fingerprint density at radius 3 is 2.58 bits per heavy atom. The van der Waals surface area contributed by atoms with Crippen LogP contribution in [0.5, 0.6) is 0 Å². The van der Waals surface area contributed by atoms with Gasteiger partial charge in [-0.1, -0.05) is 44.6 Å². The first-order valence-corrected chi connectivity index (χ1v) is 10.2. The molecule has 0 aromatic heterocycles. The van der Waals surface area contributed by atoms with Gasteiger partial charge in [-0.2, -0.15) is 0 Å². The minimum absolute atomic E-state index is 0.220. The molecule has 0 radical (unpaired) electrons. The highest BCUT2D eigenvalue weighted by Gasteiger charge is 2.66. The van der Waals surface area contributed by atoms with Gasteiger partial charge in [0.15, 0.2) is 5.79 Å². The molecule has 5 rings (SSSR count). The summed E-state index contributed by atoms with van der Waals surface area (Å²) in [6, 6.07) is 0. The van der Waals surface area contributed by atoms with E-state index in [9.17, 15) is 0 Å². The number of hydrogen-bond donors (Lipinski definition) is 0.